The number of nitrogens with one attached hydrogen (secondary N) is 1. The van der Waals surface area contributed by atoms with E-state index in [2.05, 4.69) is 15.2 Å². The van der Waals surface area contributed by atoms with E-state index in [0.29, 0.717) is 18.1 Å². The summed E-state index contributed by atoms with van der Waals surface area (Å²) in [4.78, 5) is 17.8. The molecular weight excluding hydrogens is 264 g/mol. The van der Waals surface area contributed by atoms with Gasteiger partial charge in [-0.1, -0.05) is 0 Å². The first-order valence-electron chi connectivity index (χ1n) is 5.81. The largest absolute Gasteiger partial charge is 0.455 e. The maximum atomic E-state index is 12.1. The summed E-state index contributed by atoms with van der Waals surface area (Å²) in [6, 6.07) is 3.53. The zero-order valence-corrected chi connectivity index (χ0v) is 12.0. The Balaban J connectivity index is 2.01. The van der Waals surface area contributed by atoms with E-state index in [9.17, 15) is 4.79 Å². The summed E-state index contributed by atoms with van der Waals surface area (Å²) in [5.74, 6) is 3.06. The summed E-state index contributed by atoms with van der Waals surface area (Å²) in [6.45, 7) is 2.17. The molecule has 0 aromatic carbocycles. The Morgan fingerprint density at radius 1 is 1.53 bits per heavy atom. The number of H-pyrrole nitrogens is 1. The van der Waals surface area contributed by atoms with Gasteiger partial charge in [0.25, 0.3) is 5.91 Å². The second kappa shape index (κ2) is 5.92. The lowest BCUT2D eigenvalue weighted by molar-refractivity contribution is 0.0748. The van der Waals surface area contributed by atoms with Crippen LogP contribution in [0, 0.1) is 6.92 Å². The van der Waals surface area contributed by atoms with Crippen molar-refractivity contribution >= 4 is 17.7 Å². The normalized spacial score (nSPS) is 10.7. The van der Waals surface area contributed by atoms with Gasteiger partial charge in [0.2, 0.25) is 0 Å². The number of thioether (sulfide) groups is 1. The summed E-state index contributed by atoms with van der Waals surface area (Å²) in [5, 5.41) is 6.75. The Morgan fingerprint density at radius 2 is 2.32 bits per heavy atom. The molecule has 102 valence electrons. The fourth-order valence-electron chi connectivity index (χ4n) is 1.64. The number of aromatic nitrogens is 3. The lowest BCUT2D eigenvalue weighted by atomic mass is 10.4. The zero-order valence-electron chi connectivity index (χ0n) is 11.1. The van der Waals surface area contributed by atoms with Crippen LogP contribution in [0.1, 0.15) is 28.0 Å². The van der Waals surface area contributed by atoms with E-state index in [0.717, 1.165) is 17.3 Å². The lowest BCUT2D eigenvalue weighted by Crippen LogP contribution is -2.26. The lowest BCUT2D eigenvalue weighted by Gasteiger charge is -2.13. The van der Waals surface area contributed by atoms with E-state index >= 15 is 0 Å². The molecule has 0 bridgehead atoms. The molecule has 0 aliphatic rings. The fraction of sp³-hybridized carbons (Fsp3) is 0.417. The monoisotopic (exact) mass is 280 g/mol. The Labute approximate surface area is 115 Å². The maximum absolute atomic E-state index is 12.1. The molecule has 1 N–H and O–H groups in total. The number of carbonyl (C=O) groups excluding carboxylic acids is 1. The van der Waals surface area contributed by atoms with E-state index in [1.165, 1.54) is 4.90 Å². The van der Waals surface area contributed by atoms with Crippen LogP contribution in [0.15, 0.2) is 16.5 Å². The molecule has 0 unspecified atom stereocenters. The highest BCUT2D eigenvalue weighted by atomic mass is 32.2. The minimum Gasteiger partial charge on any atom is -0.455 e. The number of hydrogen-bond acceptors (Lipinski definition) is 5. The number of nitrogens with zero attached hydrogens (tertiary/aromatic N) is 3. The summed E-state index contributed by atoms with van der Waals surface area (Å²) in [6.07, 6.45) is 1.99. The number of amides is 1. The summed E-state index contributed by atoms with van der Waals surface area (Å²) >= 11 is 1.65. The Kier molecular flexibility index (Phi) is 4.26. The van der Waals surface area contributed by atoms with Crippen molar-refractivity contribution < 1.29 is 9.21 Å². The van der Waals surface area contributed by atoms with Gasteiger partial charge in [0, 0.05) is 7.05 Å². The van der Waals surface area contributed by atoms with Crippen LogP contribution in [0.2, 0.25) is 0 Å². The molecule has 1 amide bonds. The smallest absolute Gasteiger partial charge is 0.289 e. The minimum atomic E-state index is -0.171. The van der Waals surface area contributed by atoms with E-state index in [4.69, 9.17) is 4.42 Å². The quantitative estimate of drug-likeness (QED) is 0.904. The van der Waals surface area contributed by atoms with Crippen molar-refractivity contribution in [3.8, 4) is 0 Å². The van der Waals surface area contributed by atoms with Gasteiger partial charge in [0.15, 0.2) is 11.6 Å². The number of aromatic amines is 1. The van der Waals surface area contributed by atoms with Crippen LogP contribution in [0.4, 0.5) is 0 Å². The predicted octanol–water partition coefficient (Wildman–Crippen LogP) is 1.84. The van der Waals surface area contributed by atoms with Crippen molar-refractivity contribution in [2.75, 3.05) is 13.3 Å². The summed E-state index contributed by atoms with van der Waals surface area (Å²) < 4.78 is 5.49. The number of hydrogen-bond donors (Lipinski definition) is 1. The van der Waals surface area contributed by atoms with Gasteiger partial charge in [0.1, 0.15) is 11.6 Å². The van der Waals surface area contributed by atoms with E-state index in [-0.39, 0.29) is 5.91 Å². The SMILES string of the molecule is CSCc1ccc(C(=O)N(C)Cc2n[nH]c(C)n2)o1. The summed E-state index contributed by atoms with van der Waals surface area (Å²) in [7, 11) is 1.70. The molecule has 0 aliphatic carbocycles. The molecule has 0 atom stereocenters. The van der Waals surface area contributed by atoms with E-state index in [1.54, 1.807) is 24.9 Å². The molecule has 0 fully saturated rings. The van der Waals surface area contributed by atoms with E-state index < -0.39 is 0 Å². The van der Waals surface area contributed by atoms with Crippen LogP contribution in [-0.4, -0.2) is 39.3 Å². The second-order valence-corrected chi connectivity index (χ2v) is 5.06. The average Bonchev–Trinajstić information content (AvgIpc) is 2.98. The fourth-order valence-corrected chi connectivity index (χ4v) is 2.08. The molecule has 6 nitrogen and oxygen atoms in total. The molecule has 7 heteroatoms. The minimum absolute atomic E-state index is 0.171. The van der Waals surface area contributed by atoms with Gasteiger partial charge in [-0.05, 0) is 25.3 Å². The van der Waals surface area contributed by atoms with Crippen molar-refractivity contribution in [2.24, 2.45) is 0 Å². The van der Waals surface area contributed by atoms with Crippen molar-refractivity contribution in [3.63, 3.8) is 0 Å². The average molecular weight is 280 g/mol. The number of carbonyl (C=O) groups is 1. The highest BCUT2D eigenvalue weighted by Gasteiger charge is 2.17. The molecule has 0 saturated heterocycles. The summed E-state index contributed by atoms with van der Waals surface area (Å²) in [5.41, 5.74) is 0. The van der Waals surface area contributed by atoms with Gasteiger partial charge in [-0.25, -0.2) is 4.98 Å². The van der Waals surface area contributed by atoms with Crippen LogP contribution in [-0.2, 0) is 12.3 Å². The highest BCUT2D eigenvalue weighted by Crippen LogP contribution is 2.15. The molecule has 2 aromatic rings. The van der Waals surface area contributed by atoms with Gasteiger partial charge in [-0.2, -0.15) is 16.9 Å². The van der Waals surface area contributed by atoms with Crippen LogP contribution >= 0.6 is 11.8 Å². The molecule has 2 rings (SSSR count). The van der Waals surface area contributed by atoms with Crippen LogP contribution < -0.4 is 0 Å². The molecule has 19 heavy (non-hydrogen) atoms. The Hall–Kier alpha value is -1.76. The van der Waals surface area contributed by atoms with Crippen LogP contribution in [0.25, 0.3) is 0 Å². The Morgan fingerprint density at radius 3 is 2.95 bits per heavy atom. The van der Waals surface area contributed by atoms with Crippen LogP contribution in [0.3, 0.4) is 0 Å². The van der Waals surface area contributed by atoms with Crippen molar-refractivity contribution in [3.05, 3.63) is 35.3 Å². The number of furan rings is 1. The van der Waals surface area contributed by atoms with Gasteiger partial charge in [-0.3, -0.25) is 9.89 Å². The Bertz CT molecular complexity index is 564. The molecule has 0 spiro atoms. The zero-order chi connectivity index (χ0) is 13.8. The van der Waals surface area contributed by atoms with Gasteiger partial charge >= 0.3 is 0 Å². The van der Waals surface area contributed by atoms with Gasteiger partial charge in [-0.15, -0.1) is 0 Å². The van der Waals surface area contributed by atoms with Gasteiger partial charge in [0.05, 0.1) is 12.3 Å². The molecule has 2 aromatic heterocycles. The van der Waals surface area contributed by atoms with Gasteiger partial charge < -0.3 is 9.32 Å². The standard InChI is InChI=1S/C12H16N4O2S/c1-8-13-11(15-14-8)6-16(2)12(17)10-5-4-9(18-10)7-19-3/h4-5H,6-7H2,1-3H3,(H,13,14,15). The first kappa shape index (κ1) is 13.7. The maximum Gasteiger partial charge on any atom is 0.289 e. The van der Waals surface area contributed by atoms with E-state index in [1.807, 2.05) is 19.2 Å². The highest BCUT2D eigenvalue weighted by molar-refractivity contribution is 7.97. The predicted molar refractivity (Wildman–Crippen MR) is 72.8 cm³/mol. The van der Waals surface area contributed by atoms with Crippen molar-refractivity contribution in [1.82, 2.24) is 20.1 Å². The first-order chi connectivity index (χ1) is 9.10. The molecule has 2 heterocycles. The second-order valence-electron chi connectivity index (χ2n) is 4.20. The van der Waals surface area contributed by atoms with Crippen LogP contribution in [0.5, 0.6) is 0 Å². The molecule has 0 saturated carbocycles. The van der Waals surface area contributed by atoms with Crippen molar-refractivity contribution in [1.29, 1.82) is 0 Å². The molecule has 0 aliphatic heterocycles. The molecule has 0 radical (unpaired) electrons. The third kappa shape index (κ3) is 3.37. The molecular formula is C12H16N4O2S. The van der Waals surface area contributed by atoms with Crippen molar-refractivity contribution in [2.45, 2.75) is 19.2 Å². The number of aryl methyl sites for hydroxylation is 1. The number of rotatable bonds is 5. The topological polar surface area (TPSA) is 75.0 Å². The first-order valence-corrected chi connectivity index (χ1v) is 7.20. The third-order valence-corrected chi connectivity index (χ3v) is 3.10. The third-order valence-electron chi connectivity index (χ3n) is 2.53.